The van der Waals surface area contributed by atoms with Gasteiger partial charge in [-0.05, 0) is 108 Å². The van der Waals surface area contributed by atoms with Crippen LogP contribution in [0.1, 0.15) is 130 Å². The Hall–Kier alpha value is -10.0. The van der Waals surface area contributed by atoms with Crippen molar-refractivity contribution in [3.8, 4) is 22.3 Å². The fourth-order valence-electron chi connectivity index (χ4n) is 15.4. The maximum Gasteiger partial charge on any atom is 0.408 e. The number of aliphatic hydroxyl groups is 1. The number of hydrogen-bond acceptors (Lipinski definition) is 19. The molecule has 4 N–H and O–H groups in total. The van der Waals surface area contributed by atoms with Gasteiger partial charge < -0.3 is 63.7 Å². The molecule has 11 atom stereocenters. The van der Waals surface area contributed by atoms with E-state index in [9.17, 15) is 38.7 Å². The van der Waals surface area contributed by atoms with Gasteiger partial charge in [-0.2, -0.15) is 0 Å². The minimum atomic E-state index is -2.36. The fourth-order valence-corrected chi connectivity index (χ4v) is 15.4. The molecule has 3 fully saturated rings. The molecule has 22 nitrogen and oxygen atoms in total. The number of amides is 3. The zero-order valence-corrected chi connectivity index (χ0v) is 56.7. The van der Waals surface area contributed by atoms with E-state index >= 15 is 9.59 Å². The van der Waals surface area contributed by atoms with Gasteiger partial charge in [0.2, 0.25) is 6.10 Å². The van der Waals surface area contributed by atoms with Gasteiger partial charge >= 0.3 is 42.2 Å². The number of carbonyl (C=O) groups excluding carboxylic acids is 9. The molecule has 0 aromatic heterocycles. The number of hydrogen-bond donors (Lipinski definition) is 4. The third kappa shape index (κ3) is 14.0. The summed E-state index contributed by atoms with van der Waals surface area (Å²) in [5.41, 5.74) is 1.78. The van der Waals surface area contributed by atoms with Crippen molar-refractivity contribution in [2.45, 2.75) is 140 Å². The number of ether oxygens (including phenoxy) is 9. The third-order valence-corrected chi connectivity index (χ3v) is 20.3. The lowest BCUT2D eigenvalue weighted by atomic mass is 9.45. The number of Topliss-reactive ketones (excluding diaryl/α,β-unsaturated/α-hetero) is 2. The Bertz CT molecular complexity index is 4100. The lowest BCUT2D eigenvalue weighted by Crippen LogP contribution is -2.76. The van der Waals surface area contributed by atoms with Crippen LogP contribution in [0.3, 0.4) is 0 Å². The molecule has 6 aromatic rings. The number of carbonyl (C=O) groups is 9. The average Bonchev–Trinajstić information content (AvgIpc) is 0.964. The van der Waals surface area contributed by atoms with Crippen molar-refractivity contribution >= 4 is 53.7 Å². The lowest BCUT2D eigenvalue weighted by Gasteiger charge is -2.66. The molecule has 2 bridgehead atoms. The summed E-state index contributed by atoms with van der Waals surface area (Å²) in [6.07, 6.45) is -13.6. The second kappa shape index (κ2) is 28.7. The van der Waals surface area contributed by atoms with Crippen molar-refractivity contribution in [1.82, 2.24) is 16.0 Å². The van der Waals surface area contributed by atoms with Gasteiger partial charge in [-0.1, -0.05) is 159 Å². The van der Waals surface area contributed by atoms with Crippen LogP contribution in [0, 0.1) is 16.7 Å². The van der Waals surface area contributed by atoms with E-state index in [1.54, 1.807) is 76.2 Å². The molecular formula is C78H81N3O19. The van der Waals surface area contributed by atoms with Crippen molar-refractivity contribution in [3.05, 3.63) is 202 Å². The molecule has 100 heavy (non-hydrogen) atoms. The van der Waals surface area contributed by atoms with Crippen LogP contribution in [0.2, 0.25) is 0 Å². The van der Waals surface area contributed by atoms with E-state index in [-0.39, 0.29) is 61.2 Å². The molecule has 3 amide bonds. The highest BCUT2D eigenvalue weighted by Crippen LogP contribution is 2.64. The Morgan fingerprint density at radius 3 is 1.69 bits per heavy atom. The smallest absolute Gasteiger partial charge is 0.408 e. The predicted octanol–water partition coefficient (Wildman–Crippen LogP) is 10.5. The first-order valence-electron chi connectivity index (χ1n) is 33.7. The molecule has 522 valence electrons. The lowest BCUT2D eigenvalue weighted by molar-refractivity contribution is -0.307. The summed E-state index contributed by atoms with van der Waals surface area (Å²) in [5, 5.41) is 21.7. The largest absolute Gasteiger partial charge is 0.460 e. The van der Waals surface area contributed by atoms with Crippen LogP contribution in [-0.2, 0) is 66.6 Å². The SMILES string of the molecule is CCC(=O)O[C@@H](C(=O)O[C@H]1C[C@]2(O)CC(=C1C)[C@@H](OCC(=O)CNC(=O)OCC1c3ccccc3-c3ccccc31)C(=O)C1(C)C([C@@H]2OC(=O)c2ccccc2)[C@]2(C)COC2C[C@@H]1OC(=O)CNC(=O)OCC1c2ccccc2-c2ccccc21)[C@@H](NC(=O)OC(C)(C)C)c1ccccc1. The van der Waals surface area contributed by atoms with E-state index < -0.39 is 157 Å². The molecule has 2 saturated carbocycles. The first-order chi connectivity index (χ1) is 47.9. The summed E-state index contributed by atoms with van der Waals surface area (Å²) in [5.74, 6) is -7.49. The minimum absolute atomic E-state index is 0.0259. The van der Waals surface area contributed by atoms with Gasteiger partial charge in [0.05, 0.1) is 30.2 Å². The minimum Gasteiger partial charge on any atom is -0.460 e. The molecule has 0 spiro atoms. The standard InChI is InChI=1S/C78H81N3O19/c1-8-62(83)98-66(64(45-23-11-9-12-24-45)81-74(90)100-75(3,4)5)71(87)96-59-37-78(91)36-56(44(59)2)65(92-40-47(82)38-79-72(88)93-41-57-52-31-19-15-27-48(52)49-28-16-20-32-53(49)57)68(85)77(7)61(35-60-76(6,43-95-60)67(77)69(78)99-70(86)46-25-13-10-14-26-46)97-63(84)39-80-73(89)94-42-58-54-33-21-17-29-50(54)51-30-18-22-34-55(51)58/h9-34,57-61,64-67,69,91H,8,35-43H2,1-7H3,(H,79,88)(H,80,89)(H,81,90)/t59-,60?,61-,64-,65+,66+,67?,69-,76+,77?,78+/m0/s1. The Morgan fingerprint density at radius 1 is 0.650 bits per heavy atom. The highest BCUT2D eigenvalue weighted by Gasteiger charge is 2.74. The van der Waals surface area contributed by atoms with Crippen molar-refractivity contribution < 1.29 is 90.9 Å². The van der Waals surface area contributed by atoms with Crippen LogP contribution in [0.5, 0.6) is 0 Å². The molecule has 1 aliphatic heterocycles. The maximum atomic E-state index is 16.8. The van der Waals surface area contributed by atoms with Crippen LogP contribution in [0.25, 0.3) is 22.3 Å². The first kappa shape index (κ1) is 69.9. The number of rotatable bonds is 21. The normalized spacial score (nSPS) is 24.5. The molecule has 5 aliphatic carbocycles. The summed E-state index contributed by atoms with van der Waals surface area (Å²) in [4.78, 5) is 130. The van der Waals surface area contributed by atoms with Crippen LogP contribution in [0.4, 0.5) is 14.4 Å². The number of benzene rings is 6. The monoisotopic (exact) mass is 1360 g/mol. The number of nitrogens with one attached hydrogen (secondary N) is 3. The quantitative estimate of drug-likeness (QED) is 0.0296. The zero-order chi connectivity index (χ0) is 70.8. The number of ketones is 2. The second-order valence-electron chi connectivity index (χ2n) is 27.8. The molecule has 0 radical (unpaired) electrons. The van der Waals surface area contributed by atoms with E-state index in [2.05, 4.69) is 16.0 Å². The summed E-state index contributed by atoms with van der Waals surface area (Å²) >= 11 is 0. The van der Waals surface area contributed by atoms with Gasteiger partial charge in [0.1, 0.15) is 68.0 Å². The third-order valence-electron chi connectivity index (χ3n) is 20.3. The molecule has 6 aromatic carbocycles. The Kier molecular flexibility index (Phi) is 20.0. The molecule has 3 unspecified atom stereocenters. The molecule has 12 rings (SSSR count). The average molecular weight is 1360 g/mol. The number of alkyl carbamates (subject to hydrolysis) is 3. The highest BCUT2D eigenvalue weighted by atomic mass is 16.6. The van der Waals surface area contributed by atoms with Gasteiger partial charge in [-0.3, -0.25) is 19.2 Å². The molecule has 22 heteroatoms. The topological polar surface area (TPSA) is 293 Å². The zero-order valence-electron chi connectivity index (χ0n) is 56.7. The predicted molar refractivity (Wildman–Crippen MR) is 361 cm³/mol. The van der Waals surface area contributed by atoms with E-state index in [0.29, 0.717) is 5.56 Å². The number of esters is 4. The van der Waals surface area contributed by atoms with Crippen LogP contribution < -0.4 is 16.0 Å². The van der Waals surface area contributed by atoms with Gasteiger partial charge in [0.15, 0.2) is 11.6 Å². The van der Waals surface area contributed by atoms with E-state index in [1.165, 1.54) is 32.9 Å². The Labute approximate surface area is 578 Å². The fraction of sp³-hybridized carbons (Fsp3) is 0.397. The van der Waals surface area contributed by atoms with Crippen molar-refractivity contribution in [2.75, 3.05) is 39.5 Å². The van der Waals surface area contributed by atoms with E-state index in [4.69, 9.17) is 42.6 Å². The van der Waals surface area contributed by atoms with Gasteiger partial charge in [0, 0.05) is 48.9 Å². The molecule has 1 saturated heterocycles. The van der Waals surface area contributed by atoms with E-state index in [0.717, 1.165) is 44.5 Å². The first-order valence-corrected chi connectivity index (χ1v) is 33.7. The Balaban J connectivity index is 0.875. The van der Waals surface area contributed by atoms with Crippen molar-refractivity contribution in [1.29, 1.82) is 0 Å². The number of fused-ring (bicyclic) bond motifs is 11. The van der Waals surface area contributed by atoms with Crippen LogP contribution >= 0.6 is 0 Å². The van der Waals surface area contributed by atoms with Crippen LogP contribution in [0.15, 0.2) is 169 Å². The van der Waals surface area contributed by atoms with Crippen molar-refractivity contribution in [3.63, 3.8) is 0 Å². The van der Waals surface area contributed by atoms with Gasteiger partial charge in [-0.25, -0.2) is 24.0 Å². The highest BCUT2D eigenvalue weighted by molar-refractivity contribution is 5.95. The molecule has 1 heterocycles. The van der Waals surface area contributed by atoms with E-state index in [1.807, 2.05) is 97.1 Å². The summed E-state index contributed by atoms with van der Waals surface area (Å²) in [6, 6.07) is 45.9. The van der Waals surface area contributed by atoms with Crippen LogP contribution in [-0.4, -0.2) is 146 Å². The summed E-state index contributed by atoms with van der Waals surface area (Å²) < 4.78 is 55.3. The van der Waals surface area contributed by atoms with Gasteiger partial charge in [0.25, 0.3) is 0 Å². The van der Waals surface area contributed by atoms with Gasteiger partial charge in [-0.15, -0.1) is 0 Å². The summed E-state index contributed by atoms with van der Waals surface area (Å²) in [6.45, 7) is 8.86. The second-order valence-corrected chi connectivity index (χ2v) is 27.8. The molecular weight excluding hydrogens is 1280 g/mol. The maximum absolute atomic E-state index is 16.8. The Morgan fingerprint density at radius 2 is 1.17 bits per heavy atom. The van der Waals surface area contributed by atoms with Crippen molar-refractivity contribution in [2.24, 2.45) is 16.7 Å². The summed E-state index contributed by atoms with van der Waals surface area (Å²) in [7, 11) is 0. The molecule has 6 aliphatic rings.